The highest BCUT2D eigenvalue weighted by Crippen LogP contribution is 2.22. The Morgan fingerprint density at radius 1 is 1.35 bits per heavy atom. The van der Waals surface area contributed by atoms with Crippen molar-refractivity contribution in [2.75, 3.05) is 18.6 Å². The predicted molar refractivity (Wildman–Crippen MR) is 82.2 cm³/mol. The molecule has 1 atom stereocenters. The van der Waals surface area contributed by atoms with Crippen LogP contribution in [0.1, 0.15) is 45.4 Å². The maximum Gasteiger partial charge on any atom is 0.326 e. The minimum absolute atomic E-state index is 0.229. The van der Waals surface area contributed by atoms with Gasteiger partial charge < -0.3 is 15.3 Å². The fourth-order valence-corrected chi connectivity index (χ4v) is 3.16. The number of carboxylic acids is 1. The molecule has 2 amide bonds. The van der Waals surface area contributed by atoms with Crippen molar-refractivity contribution in [1.29, 1.82) is 0 Å². The van der Waals surface area contributed by atoms with Crippen LogP contribution in [0, 0.1) is 0 Å². The normalized spacial score (nSPS) is 17.5. The van der Waals surface area contributed by atoms with E-state index in [4.69, 9.17) is 0 Å². The molecule has 5 nitrogen and oxygen atoms in total. The van der Waals surface area contributed by atoms with Crippen LogP contribution in [-0.4, -0.2) is 52.6 Å². The van der Waals surface area contributed by atoms with Gasteiger partial charge in [0, 0.05) is 12.6 Å². The molecule has 1 fully saturated rings. The summed E-state index contributed by atoms with van der Waals surface area (Å²) in [7, 11) is 0. The van der Waals surface area contributed by atoms with E-state index in [1.54, 1.807) is 16.7 Å². The molecule has 0 heterocycles. The Hall–Kier alpha value is -0.910. The van der Waals surface area contributed by atoms with Gasteiger partial charge in [-0.15, -0.1) is 0 Å². The summed E-state index contributed by atoms with van der Waals surface area (Å²) in [5.41, 5.74) is 0. The summed E-state index contributed by atoms with van der Waals surface area (Å²) in [6.45, 7) is 2.58. The Morgan fingerprint density at radius 2 is 2.00 bits per heavy atom. The van der Waals surface area contributed by atoms with E-state index in [1.165, 1.54) is 6.42 Å². The second kappa shape index (κ2) is 9.10. The van der Waals surface area contributed by atoms with Crippen molar-refractivity contribution < 1.29 is 14.7 Å². The highest BCUT2D eigenvalue weighted by molar-refractivity contribution is 7.98. The van der Waals surface area contributed by atoms with Crippen LogP contribution in [0.2, 0.25) is 0 Å². The number of carboxylic acid groups (broad SMARTS) is 1. The molecule has 1 aliphatic rings. The van der Waals surface area contributed by atoms with Crippen LogP contribution in [0.5, 0.6) is 0 Å². The fraction of sp³-hybridized carbons (Fsp3) is 0.857. The average Bonchev–Trinajstić information content (AvgIpc) is 2.45. The number of rotatable bonds is 7. The van der Waals surface area contributed by atoms with E-state index >= 15 is 0 Å². The molecule has 116 valence electrons. The Kier molecular flexibility index (Phi) is 7.80. The van der Waals surface area contributed by atoms with E-state index in [-0.39, 0.29) is 12.1 Å². The maximum absolute atomic E-state index is 12.3. The number of hydrogen-bond donors (Lipinski definition) is 2. The quantitative estimate of drug-likeness (QED) is 0.758. The molecule has 0 aromatic rings. The molecular weight excluding hydrogens is 276 g/mol. The number of hydrogen-bond acceptors (Lipinski definition) is 3. The number of thioether (sulfide) groups is 1. The summed E-state index contributed by atoms with van der Waals surface area (Å²) in [5.74, 6) is -0.223. The van der Waals surface area contributed by atoms with Gasteiger partial charge in [0.25, 0.3) is 0 Å². The number of amides is 2. The van der Waals surface area contributed by atoms with Crippen LogP contribution < -0.4 is 5.32 Å². The summed E-state index contributed by atoms with van der Waals surface area (Å²) in [6.07, 6.45) is 8.01. The minimum atomic E-state index is -0.952. The van der Waals surface area contributed by atoms with Crippen LogP contribution in [0.25, 0.3) is 0 Å². The first-order chi connectivity index (χ1) is 9.60. The number of aliphatic carboxylic acids is 1. The molecule has 0 bridgehead atoms. The molecule has 0 aliphatic heterocycles. The van der Waals surface area contributed by atoms with Crippen LogP contribution in [-0.2, 0) is 4.79 Å². The van der Waals surface area contributed by atoms with Crippen molar-refractivity contribution in [3.8, 4) is 0 Å². The molecule has 0 aromatic heterocycles. The predicted octanol–water partition coefficient (Wildman–Crippen LogP) is 2.56. The lowest BCUT2D eigenvalue weighted by molar-refractivity contribution is -0.139. The van der Waals surface area contributed by atoms with Gasteiger partial charge in [-0.25, -0.2) is 9.59 Å². The third-order valence-electron chi connectivity index (χ3n) is 3.82. The first-order valence-electron chi connectivity index (χ1n) is 7.39. The zero-order chi connectivity index (χ0) is 15.0. The maximum atomic E-state index is 12.3. The molecule has 1 aliphatic carbocycles. The zero-order valence-electron chi connectivity index (χ0n) is 12.4. The number of nitrogens with zero attached hydrogens (tertiary/aromatic N) is 1. The van der Waals surface area contributed by atoms with Crippen LogP contribution in [0.15, 0.2) is 0 Å². The number of urea groups is 1. The highest BCUT2D eigenvalue weighted by Gasteiger charge is 2.27. The van der Waals surface area contributed by atoms with Gasteiger partial charge in [-0.1, -0.05) is 19.3 Å². The van der Waals surface area contributed by atoms with E-state index < -0.39 is 12.0 Å². The van der Waals surface area contributed by atoms with Crippen molar-refractivity contribution in [2.24, 2.45) is 0 Å². The summed E-state index contributed by atoms with van der Waals surface area (Å²) in [5, 5.41) is 11.8. The van der Waals surface area contributed by atoms with Crippen molar-refractivity contribution in [3.05, 3.63) is 0 Å². The Labute approximate surface area is 125 Å². The standard InChI is InChI=1S/C14H26N2O3S/c1-3-16(11-7-5-4-6-8-11)14(19)15-12(13(17)18)9-10-20-2/h11-12H,3-10H2,1-2H3,(H,15,19)(H,17,18)/t12-/m0/s1. The number of carbonyl (C=O) groups excluding carboxylic acids is 1. The molecule has 2 N–H and O–H groups in total. The largest absolute Gasteiger partial charge is 0.480 e. The molecule has 0 saturated heterocycles. The lowest BCUT2D eigenvalue weighted by Crippen LogP contribution is -2.51. The van der Waals surface area contributed by atoms with Gasteiger partial charge in [0.05, 0.1) is 0 Å². The SMILES string of the molecule is CCN(C(=O)N[C@@H](CCSC)C(=O)O)C1CCCCC1. The van der Waals surface area contributed by atoms with E-state index in [2.05, 4.69) is 5.32 Å². The van der Waals surface area contributed by atoms with Gasteiger partial charge >= 0.3 is 12.0 Å². The third-order valence-corrected chi connectivity index (χ3v) is 4.47. The number of carbonyl (C=O) groups is 2. The topological polar surface area (TPSA) is 69.6 Å². The summed E-state index contributed by atoms with van der Waals surface area (Å²) in [4.78, 5) is 25.3. The van der Waals surface area contributed by atoms with E-state index in [9.17, 15) is 14.7 Å². The van der Waals surface area contributed by atoms with E-state index in [0.29, 0.717) is 13.0 Å². The summed E-state index contributed by atoms with van der Waals surface area (Å²) >= 11 is 1.59. The molecule has 1 saturated carbocycles. The summed E-state index contributed by atoms with van der Waals surface area (Å²) < 4.78 is 0. The van der Waals surface area contributed by atoms with E-state index in [0.717, 1.165) is 31.4 Å². The molecule has 0 aromatic carbocycles. The second-order valence-corrected chi connectivity index (χ2v) is 6.19. The lowest BCUT2D eigenvalue weighted by Gasteiger charge is -2.34. The van der Waals surface area contributed by atoms with Crippen LogP contribution in [0.3, 0.4) is 0 Å². The van der Waals surface area contributed by atoms with Gasteiger partial charge in [0.15, 0.2) is 0 Å². The Balaban J connectivity index is 2.57. The van der Waals surface area contributed by atoms with Gasteiger partial charge in [-0.2, -0.15) is 11.8 Å². The monoisotopic (exact) mass is 302 g/mol. The molecule has 6 heteroatoms. The van der Waals surface area contributed by atoms with E-state index in [1.807, 2.05) is 13.2 Å². The van der Waals surface area contributed by atoms with Crippen molar-refractivity contribution >= 4 is 23.8 Å². The molecule has 0 unspecified atom stereocenters. The van der Waals surface area contributed by atoms with Gasteiger partial charge in [-0.05, 0) is 38.2 Å². The van der Waals surface area contributed by atoms with Crippen LogP contribution in [0.4, 0.5) is 4.79 Å². The minimum Gasteiger partial charge on any atom is -0.480 e. The zero-order valence-corrected chi connectivity index (χ0v) is 13.2. The first kappa shape index (κ1) is 17.1. The second-order valence-electron chi connectivity index (χ2n) is 5.20. The third kappa shape index (κ3) is 5.23. The highest BCUT2D eigenvalue weighted by atomic mass is 32.2. The molecule has 1 rings (SSSR count). The first-order valence-corrected chi connectivity index (χ1v) is 8.78. The Bertz CT molecular complexity index is 320. The molecule has 0 radical (unpaired) electrons. The smallest absolute Gasteiger partial charge is 0.326 e. The fourth-order valence-electron chi connectivity index (χ4n) is 2.69. The number of nitrogens with one attached hydrogen (secondary N) is 1. The molecular formula is C14H26N2O3S. The van der Waals surface area contributed by atoms with Gasteiger partial charge in [0.2, 0.25) is 0 Å². The van der Waals surface area contributed by atoms with Crippen molar-refractivity contribution in [3.63, 3.8) is 0 Å². The van der Waals surface area contributed by atoms with Gasteiger partial charge in [0.1, 0.15) is 6.04 Å². The average molecular weight is 302 g/mol. The van der Waals surface area contributed by atoms with Crippen molar-refractivity contribution in [1.82, 2.24) is 10.2 Å². The van der Waals surface area contributed by atoms with Crippen LogP contribution >= 0.6 is 11.8 Å². The molecule has 20 heavy (non-hydrogen) atoms. The summed E-state index contributed by atoms with van der Waals surface area (Å²) in [6, 6.07) is -0.746. The van der Waals surface area contributed by atoms with Gasteiger partial charge in [-0.3, -0.25) is 0 Å². The van der Waals surface area contributed by atoms with Crippen molar-refractivity contribution in [2.45, 2.75) is 57.5 Å². The molecule has 0 spiro atoms. The lowest BCUT2D eigenvalue weighted by atomic mass is 9.94. The Morgan fingerprint density at radius 3 is 2.50 bits per heavy atom.